The minimum atomic E-state index is -0.153. The Morgan fingerprint density at radius 3 is 2.55 bits per heavy atom. The maximum absolute atomic E-state index is 9.17. The van der Waals surface area contributed by atoms with Crippen molar-refractivity contribution in [2.45, 2.75) is 6.54 Å². The Hall–Kier alpha value is -0.740. The highest BCUT2D eigenvalue weighted by Crippen LogP contribution is 2.31. The molecule has 0 aromatic heterocycles. The van der Waals surface area contributed by atoms with Crippen LogP contribution in [-0.2, 0) is 6.54 Å². The highest BCUT2D eigenvalue weighted by atomic mass is 79.9. The monoisotopic (exact) mass is 217 g/mol. The first kappa shape index (κ1) is 8.36. The second-order valence-corrected chi connectivity index (χ2v) is 3.05. The van der Waals surface area contributed by atoms with Crippen LogP contribution < -0.4 is 5.73 Å². The second-order valence-electron chi connectivity index (χ2n) is 2.14. The molecule has 0 amide bonds. The third kappa shape index (κ3) is 1.64. The molecule has 1 aromatic carbocycles. The van der Waals surface area contributed by atoms with Gasteiger partial charge in [0.05, 0.1) is 0 Å². The number of halogens is 1. The number of benzene rings is 1. The van der Waals surface area contributed by atoms with E-state index in [1.54, 1.807) is 6.07 Å². The molecular formula is C7H8BrNO2. The molecule has 0 fully saturated rings. The number of hydrogen-bond donors (Lipinski definition) is 3. The highest BCUT2D eigenvalue weighted by Gasteiger charge is 2.05. The predicted octanol–water partition coefficient (Wildman–Crippen LogP) is 1.32. The number of nitrogens with two attached hydrogens (primary N) is 1. The Bertz CT molecular complexity index is 275. The number of phenols is 2. The van der Waals surface area contributed by atoms with Gasteiger partial charge in [-0.3, -0.25) is 0 Å². The lowest BCUT2D eigenvalue weighted by molar-refractivity contribution is 0.399. The SMILES string of the molecule is NCc1cc(Br)cc(O)c1O. The molecule has 0 radical (unpaired) electrons. The van der Waals surface area contributed by atoms with E-state index in [1.165, 1.54) is 6.07 Å². The second kappa shape index (κ2) is 3.11. The van der Waals surface area contributed by atoms with Gasteiger partial charge in [0.15, 0.2) is 11.5 Å². The first-order chi connectivity index (χ1) is 5.15. The fourth-order valence-electron chi connectivity index (χ4n) is 0.796. The number of hydrogen-bond acceptors (Lipinski definition) is 3. The molecule has 1 aromatic rings. The molecule has 0 saturated carbocycles. The summed E-state index contributed by atoms with van der Waals surface area (Å²) in [5, 5.41) is 18.2. The molecule has 0 atom stereocenters. The molecule has 4 N–H and O–H groups in total. The van der Waals surface area contributed by atoms with Crippen LogP contribution >= 0.6 is 15.9 Å². The van der Waals surface area contributed by atoms with E-state index in [2.05, 4.69) is 15.9 Å². The molecular weight excluding hydrogens is 210 g/mol. The fourth-order valence-corrected chi connectivity index (χ4v) is 1.29. The zero-order valence-corrected chi connectivity index (χ0v) is 7.30. The van der Waals surface area contributed by atoms with Crippen molar-refractivity contribution in [2.24, 2.45) is 5.73 Å². The molecule has 0 aliphatic rings. The van der Waals surface area contributed by atoms with Gasteiger partial charge in [-0.25, -0.2) is 0 Å². The van der Waals surface area contributed by atoms with Crippen molar-refractivity contribution in [3.05, 3.63) is 22.2 Å². The summed E-state index contributed by atoms with van der Waals surface area (Å²) in [5.74, 6) is -0.296. The number of phenolic OH excluding ortho intramolecular Hbond substituents is 2. The molecule has 0 heterocycles. The summed E-state index contributed by atoms with van der Waals surface area (Å²) in [5.41, 5.74) is 5.82. The highest BCUT2D eigenvalue weighted by molar-refractivity contribution is 9.10. The fraction of sp³-hybridized carbons (Fsp3) is 0.143. The minimum Gasteiger partial charge on any atom is -0.504 e. The van der Waals surface area contributed by atoms with Crippen LogP contribution in [0.15, 0.2) is 16.6 Å². The van der Waals surface area contributed by atoms with E-state index < -0.39 is 0 Å². The predicted molar refractivity (Wildman–Crippen MR) is 45.4 cm³/mol. The van der Waals surface area contributed by atoms with E-state index >= 15 is 0 Å². The molecule has 1 rings (SSSR count). The van der Waals surface area contributed by atoms with E-state index in [1.807, 2.05) is 0 Å². The van der Waals surface area contributed by atoms with Crippen LogP contribution in [0.3, 0.4) is 0 Å². The molecule has 0 spiro atoms. The zero-order valence-electron chi connectivity index (χ0n) is 5.71. The number of rotatable bonds is 1. The van der Waals surface area contributed by atoms with E-state index in [0.717, 1.165) is 0 Å². The van der Waals surface area contributed by atoms with Gasteiger partial charge in [0.2, 0.25) is 0 Å². The third-order valence-electron chi connectivity index (χ3n) is 1.35. The molecule has 4 heteroatoms. The van der Waals surface area contributed by atoms with Gasteiger partial charge in [0.25, 0.3) is 0 Å². The summed E-state index contributed by atoms with van der Waals surface area (Å²) >= 11 is 3.16. The van der Waals surface area contributed by atoms with E-state index in [9.17, 15) is 5.11 Å². The van der Waals surface area contributed by atoms with E-state index in [-0.39, 0.29) is 18.0 Å². The van der Waals surface area contributed by atoms with Crippen molar-refractivity contribution in [1.82, 2.24) is 0 Å². The molecule has 11 heavy (non-hydrogen) atoms. The van der Waals surface area contributed by atoms with Crippen molar-refractivity contribution < 1.29 is 10.2 Å². The van der Waals surface area contributed by atoms with Crippen molar-refractivity contribution >= 4 is 15.9 Å². The van der Waals surface area contributed by atoms with Gasteiger partial charge in [-0.2, -0.15) is 0 Å². The van der Waals surface area contributed by atoms with Crippen LogP contribution in [-0.4, -0.2) is 10.2 Å². The Kier molecular flexibility index (Phi) is 2.36. The van der Waals surface area contributed by atoms with Crippen molar-refractivity contribution in [2.75, 3.05) is 0 Å². The van der Waals surface area contributed by atoms with Crippen LogP contribution in [0.5, 0.6) is 11.5 Å². The van der Waals surface area contributed by atoms with Gasteiger partial charge in [-0.15, -0.1) is 0 Å². The van der Waals surface area contributed by atoms with Gasteiger partial charge in [0, 0.05) is 16.6 Å². The Morgan fingerprint density at radius 2 is 2.00 bits per heavy atom. The van der Waals surface area contributed by atoms with Crippen LogP contribution in [0.4, 0.5) is 0 Å². The summed E-state index contributed by atoms with van der Waals surface area (Å²) < 4.78 is 0.702. The average molecular weight is 218 g/mol. The topological polar surface area (TPSA) is 66.5 Å². The van der Waals surface area contributed by atoms with Gasteiger partial charge in [0.1, 0.15) is 0 Å². The summed E-state index contributed by atoms with van der Waals surface area (Å²) in [6, 6.07) is 3.07. The smallest absolute Gasteiger partial charge is 0.162 e. The molecule has 0 aliphatic carbocycles. The quantitative estimate of drug-likeness (QED) is 0.622. The number of aromatic hydroxyl groups is 2. The molecule has 0 aliphatic heterocycles. The minimum absolute atomic E-state index is 0.143. The standard InChI is InChI=1S/C7H8BrNO2/c8-5-1-4(3-9)7(11)6(10)2-5/h1-2,10-11H,3,9H2. The lowest BCUT2D eigenvalue weighted by atomic mass is 10.2. The summed E-state index contributed by atoms with van der Waals surface area (Å²) in [7, 11) is 0. The Balaban J connectivity index is 3.24. The van der Waals surface area contributed by atoms with Crippen LogP contribution in [0, 0.1) is 0 Å². The molecule has 3 nitrogen and oxygen atoms in total. The van der Waals surface area contributed by atoms with Crippen LogP contribution in [0.25, 0.3) is 0 Å². The summed E-state index contributed by atoms with van der Waals surface area (Å²) in [6.07, 6.45) is 0. The Morgan fingerprint density at radius 1 is 1.36 bits per heavy atom. The van der Waals surface area contributed by atoms with Crippen LogP contribution in [0.1, 0.15) is 5.56 Å². The van der Waals surface area contributed by atoms with Crippen molar-refractivity contribution in [1.29, 1.82) is 0 Å². The van der Waals surface area contributed by atoms with E-state index in [4.69, 9.17) is 10.8 Å². The summed E-state index contributed by atoms with van der Waals surface area (Å²) in [4.78, 5) is 0. The largest absolute Gasteiger partial charge is 0.504 e. The maximum Gasteiger partial charge on any atom is 0.162 e. The van der Waals surface area contributed by atoms with Crippen molar-refractivity contribution in [3.8, 4) is 11.5 Å². The normalized spacial score (nSPS) is 10.0. The van der Waals surface area contributed by atoms with Gasteiger partial charge in [-0.05, 0) is 12.1 Å². The zero-order chi connectivity index (χ0) is 8.43. The Labute approximate surface area is 72.6 Å². The molecule has 0 saturated heterocycles. The maximum atomic E-state index is 9.17. The van der Waals surface area contributed by atoms with Gasteiger partial charge < -0.3 is 15.9 Å². The molecule has 0 unspecified atom stereocenters. The summed E-state index contributed by atoms with van der Waals surface area (Å²) in [6.45, 7) is 0.207. The molecule has 0 bridgehead atoms. The lowest BCUT2D eigenvalue weighted by Gasteiger charge is -2.03. The first-order valence-electron chi connectivity index (χ1n) is 3.05. The van der Waals surface area contributed by atoms with Gasteiger partial charge in [-0.1, -0.05) is 15.9 Å². The first-order valence-corrected chi connectivity index (χ1v) is 3.85. The van der Waals surface area contributed by atoms with Crippen molar-refractivity contribution in [3.63, 3.8) is 0 Å². The van der Waals surface area contributed by atoms with E-state index in [0.29, 0.717) is 10.0 Å². The molecule has 60 valence electrons. The third-order valence-corrected chi connectivity index (χ3v) is 1.81. The average Bonchev–Trinajstić information content (AvgIpc) is 1.96. The van der Waals surface area contributed by atoms with Crippen LogP contribution in [0.2, 0.25) is 0 Å². The lowest BCUT2D eigenvalue weighted by Crippen LogP contribution is -1.96. The van der Waals surface area contributed by atoms with Gasteiger partial charge >= 0.3 is 0 Å².